The SMILES string of the molecule is CC[C@H](COc1cncc(-c2cc3c(cnc4cc(OC)c(OC)cc43)c(N)n2)c1)NCc1cccc(O)c1. The third kappa shape index (κ3) is 5.63. The quantitative estimate of drug-likeness (QED) is 0.214. The number of fused-ring (bicyclic) bond motifs is 3. The van der Waals surface area contributed by atoms with E-state index in [9.17, 15) is 5.11 Å². The number of nitrogen functional groups attached to an aromatic ring is 1. The van der Waals surface area contributed by atoms with Crippen molar-refractivity contribution in [1.29, 1.82) is 0 Å². The molecule has 39 heavy (non-hydrogen) atoms. The molecule has 0 fully saturated rings. The van der Waals surface area contributed by atoms with Crippen molar-refractivity contribution in [2.75, 3.05) is 26.6 Å². The van der Waals surface area contributed by atoms with Crippen LogP contribution in [0.15, 0.2) is 67.1 Å². The molecule has 200 valence electrons. The predicted octanol–water partition coefficient (Wildman–Crippen LogP) is 5.10. The van der Waals surface area contributed by atoms with Crippen LogP contribution < -0.4 is 25.3 Å². The van der Waals surface area contributed by atoms with E-state index < -0.39 is 0 Å². The highest BCUT2D eigenvalue weighted by molar-refractivity contribution is 6.10. The maximum Gasteiger partial charge on any atom is 0.162 e. The Morgan fingerprint density at radius 2 is 1.77 bits per heavy atom. The smallest absolute Gasteiger partial charge is 0.162 e. The van der Waals surface area contributed by atoms with Crippen LogP contribution in [0.1, 0.15) is 18.9 Å². The van der Waals surface area contributed by atoms with Gasteiger partial charge < -0.3 is 30.4 Å². The lowest BCUT2D eigenvalue weighted by Gasteiger charge is -2.18. The van der Waals surface area contributed by atoms with Crippen LogP contribution in [0.4, 0.5) is 5.82 Å². The summed E-state index contributed by atoms with van der Waals surface area (Å²) in [7, 11) is 3.20. The lowest BCUT2D eigenvalue weighted by Crippen LogP contribution is -2.33. The normalized spacial score (nSPS) is 12.0. The highest BCUT2D eigenvalue weighted by atomic mass is 16.5. The zero-order valence-corrected chi connectivity index (χ0v) is 22.1. The van der Waals surface area contributed by atoms with Gasteiger partial charge in [-0.25, -0.2) is 4.98 Å². The lowest BCUT2D eigenvalue weighted by molar-refractivity contribution is 0.258. The predicted molar refractivity (Wildman–Crippen MR) is 152 cm³/mol. The average molecular weight is 526 g/mol. The first-order valence-corrected chi connectivity index (χ1v) is 12.7. The second-order valence-corrected chi connectivity index (χ2v) is 9.21. The van der Waals surface area contributed by atoms with Gasteiger partial charge in [-0.2, -0.15) is 0 Å². The van der Waals surface area contributed by atoms with Crippen LogP contribution in [0.5, 0.6) is 23.0 Å². The Bertz CT molecular complexity index is 1620. The van der Waals surface area contributed by atoms with Crippen LogP contribution in [-0.2, 0) is 6.54 Å². The summed E-state index contributed by atoms with van der Waals surface area (Å²) in [4.78, 5) is 13.6. The summed E-state index contributed by atoms with van der Waals surface area (Å²) < 4.78 is 17.1. The van der Waals surface area contributed by atoms with Crippen LogP contribution in [0.25, 0.3) is 32.9 Å². The Morgan fingerprint density at radius 1 is 0.949 bits per heavy atom. The summed E-state index contributed by atoms with van der Waals surface area (Å²) in [5.74, 6) is 2.48. The number of aromatic hydroxyl groups is 1. The molecule has 0 bridgehead atoms. The van der Waals surface area contributed by atoms with Crippen LogP contribution >= 0.6 is 0 Å². The third-order valence-corrected chi connectivity index (χ3v) is 6.67. The molecule has 2 aromatic carbocycles. The monoisotopic (exact) mass is 525 g/mol. The molecule has 9 nitrogen and oxygen atoms in total. The maximum absolute atomic E-state index is 9.69. The molecular formula is C30H31N5O4. The molecule has 0 aliphatic heterocycles. The molecule has 0 spiro atoms. The van der Waals surface area contributed by atoms with Gasteiger partial charge >= 0.3 is 0 Å². The van der Waals surface area contributed by atoms with E-state index in [1.54, 1.807) is 44.9 Å². The van der Waals surface area contributed by atoms with Crippen molar-refractivity contribution < 1.29 is 19.3 Å². The Labute approximate surface area is 226 Å². The van der Waals surface area contributed by atoms with E-state index in [4.69, 9.17) is 19.9 Å². The minimum absolute atomic E-state index is 0.122. The molecule has 0 saturated carbocycles. The average Bonchev–Trinajstić information content (AvgIpc) is 2.96. The van der Waals surface area contributed by atoms with Crippen molar-refractivity contribution in [1.82, 2.24) is 20.3 Å². The first kappa shape index (κ1) is 26.0. The van der Waals surface area contributed by atoms with Crippen molar-refractivity contribution in [3.8, 4) is 34.3 Å². The first-order chi connectivity index (χ1) is 19.0. The van der Waals surface area contributed by atoms with E-state index in [2.05, 4.69) is 27.2 Å². The number of phenolic OH excluding ortho intramolecular Hbond substituents is 1. The molecule has 0 aliphatic carbocycles. The van der Waals surface area contributed by atoms with Crippen LogP contribution in [-0.4, -0.2) is 46.9 Å². The number of nitrogens with two attached hydrogens (primary N) is 1. The number of hydrogen-bond acceptors (Lipinski definition) is 9. The largest absolute Gasteiger partial charge is 0.508 e. The fourth-order valence-electron chi connectivity index (χ4n) is 4.49. The van der Waals surface area contributed by atoms with Crippen molar-refractivity contribution >= 4 is 27.5 Å². The molecule has 9 heteroatoms. The second kappa shape index (κ2) is 11.4. The van der Waals surface area contributed by atoms with Crippen LogP contribution in [0.3, 0.4) is 0 Å². The molecule has 5 rings (SSSR count). The summed E-state index contributed by atoms with van der Waals surface area (Å²) in [6.07, 6.45) is 6.03. The third-order valence-electron chi connectivity index (χ3n) is 6.67. The number of rotatable bonds is 10. The van der Waals surface area contributed by atoms with E-state index in [0.717, 1.165) is 39.2 Å². The number of methoxy groups -OCH3 is 2. The summed E-state index contributed by atoms with van der Waals surface area (Å²) in [6, 6.07) is 15.0. The van der Waals surface area contributed by atoms with Gasteiger partial charge in [-0.15, -0.1) is 0 Å². The van der Waals surface area contributed by atoms with E-state index >= 15 is 0 Å². The number of pyridine rings is 3. The number of aromatic nitrogens is 3. The fourth-order valence-corrected chi connectivity index (χ4v) is 4.49. The summed E-state index contributed by atoms with van der Waals surface area (Å²) in [5, 5.41) is 15.7. The van der Waals surface area contributed by atoms with Gasteiger partial charge in [-0.05, 0) is 47.7 Å². The molecule has 1 atom stereocenters. The first-order valence-electron chi connectivity index (χ1n) is 12.7. The zero-order valence-electron chi connectivity index (χ0n) is 22.1. The van der Waals surface area contributed by atoms with Crippen molar-refractivity contribution in [3.63, 3.8) is 0 Å². The number of benzene rings is 2. The number of nitrogens with zero attached hydrogens (tertiary/aromatic N) is 3. The molecule has 0 unspecified atom stereocenters. The van der Waals surface area contributed by atoms with Gasteiger partial charge in [0.1, 0.15) is 23.9 Å². The van der Waals surface area contributed by atoms with Gasteiger partial charge in [0.2, 0.25) is 0 Å². The van der Waals surface area contributed by atoms with E-state index in [-0.39, 0.29) is 11.8 Å². The molecule has 4 N–H and O–H groups in total. The van der Waals surface area contributed by atoms with Gasteiger partial charge in [0.25, 0.3) is 0 Å². The van der Waals surface area contributed by atoms with Gasteiger partial charge in [-0.3, -0.25) is 9.97 Å². The van der Waals surface area contributed by atoms with Crippen LogP contribution in [0, 0.1) is 0 Å². The zero-order chi connectivity index (χ0) is 27.4. The Balaban J connectivity index is 1.39. The summed E-state index contributed by atoms with van der Waals surface area (Å²) in [6.45, 7) is 3.20. The number of phenols is 1. The molecule has 5 aromatic rings. The number of ether oxygens (including phenoxy) is 3. The highest BCUT2D eigenvalue weighted by Gasteiger charge is 2.14. The topological polar surface area (TPSA) is 125 Å². The molecular weight excluding hydrogens is 494 g/mol. The number of hydrogen-bond donors (Lipinski definition) is 3. The van der Waals surface area contributed by atoms with Gasteiger partial charge in [0.15, 0.2) is 11.5 Å². The highest BCUT2D eigenvalue weighted by Crippen LogP contribution is 2.37. The minimum Gasteiger partial charge on any atom is -0.508 e. The fraction of sp³-hybridized carbons (Fsp3) is 0.233. The lowest BCUT2D eigenvalue weighted by atomic mass is 10.0. The van der Waals surface area contributed by atoms with Crippen molar-refractivity contribution in [2.24, 2.45) is 0 Å². The van der Waals surface area contributed by atoms with E-state index in [1.807, 2.05) is 36.4 Å². The van der Waals surface area contributed by atoms with Crippen molar-refractivity contribution in [3.05, 3.63) is 72.7 Å². The number of nitrogens with one attached hydrogen (secondary N) is 1. The number of anilines is 1. The second-order valence-electron chi connectivity index (χ2n) is 9.21. The maximum atomic E-state index is 9.69. The van der Waals surface area contributed by atoms with Gasteiger partial charge in [-0.1, -0.05) is 19.1 Å². The molecule has 3 heterocycles. The molecule has 0 aliphatic rings. The van der Waals surface area contributed by atoms with Crippen LogP contribution in [0.2, 0.25) is 0 Å². The standard InChI is InChI=1S/C30H31N5O4/c1-4-20(33-13-18-6-5-7-21(36)8-18)17-39-22-9-19(14-32-15-22)26-10-23-24-11-28(37-2)29(38-3)12-27(24)34-16-25(23)30(31)35-26/h5-12,14-16,20,33,36H,4,13,17H2,1-3H3,(H2,31,35)/t20-/m1/s1. The molecule has 0 radical (unpaired) electrons. The molecule has 0 saturated heterocycles. The Morgan fingerprint density at radius 3 is 2.54 bits per heavy atom. The van der Waals surface area contributed by atoms with Gasteiger partial charge in [0.05, 0.1) is 31.6 Å². The summed E-state index contributed by atoms with van der Waals surface area (Å²) >= 11 is 0. The summed E-state index contributed by atoms with van der Waals surface area (Å²) in [5.41, 5.74) is 9.60. The Kier molecular flexibility index (Phi) is 7.60. The Hall–Kier alpha value is -4.63. The molecule has 3 aromatic heterocycles. The van der Waals surface area contributed by atoms with E-state index in [0.29, 0.717) is 41.9 Å². The van der Waals surface area contributed by atoms with E-state index in [1.165, 1.54) is 0 Å². The van der Waals surface area contributed by atoms with Gasteiger partial charge in [0, 0.05) is 47.4 Å². The minimum atomic E-state index is 0.122. The molecule has 0 amide bonds. The van der Waals surface area contributed by atoms with Crippen molar-refractivity contribution in [2.45, 2.75) is 25.9 Å².